The number of rotatable bonds is 5. The fraction of sp³-hybridized carbons (Fsp3) is 0.136. The molecule has 0 N–H and O–H groups in total. The molecular weight excluding hydrogens is 343 g/mol. The van der Waals surface area contributed by atoms with E-state index in [0.29, 0.717) is 11.3 Å². The molecule has 0 saturated carbocycles. The van der Waals surface area contributed by atoms with Crippen LogP contribution in [0.1, 0.15) is 10.4 Å². The smallest absolute Gasteiger partial charge is 0.345 e. The molecule has 3 rings (SSSR count). The Bertz CT molecular complexity index is 852. The monoisotopic (exact) mass is 365 g/mol. The van der Waals surface area contributed by atoms with Crippen LogP contribution in [0.2, 0.25) is 0 Å². The number of benzene rings is 3. The van der Waals surface area contributed by atoms with Gasteiger partial charge in [0, 0.05) is 0 Å². The third-order valence-corrected chi connectivity index (χ3v) is 8.64. The van der Waals surface area contributed by atoms with Crippen LogP contribution in [-0.2, 0) is 4.74 Å². The van der Waals surface area contributed by atoms with E-state index >= 15 is 0 Å². The van der Waals surface area contributed by atoms with Gasteiger partial charge in [0.25, 0.3) is 0 Å². The van der Waals surface area contributed by atoms with E-state index in [2.05, 4.69) is 30.9 Å². The fourth-order valence-corrected chi connectivity index (χ4v) is 6.67. The van der Waals surface area contributed by atoms with Crippen molar-refractivity contribution in [1.82, 2.24) is 0 Å². The van der Waals surface area contributed by atoms with Crippen molar-refractivity contribution in [2.24, 2.45) is 0 Å². The first-order chi connectivity index (χ1) is 12.6. The topological polar surface area (TPSA) is 35.5 Å². The van der Waals surface area contributed by atoms with Crippen molar-refractivity contribution < 1.29 is 14.3 Å². The van der Waals surface area contributed by atoms with Gasteiger partial charge >= 0.3 is 5.97 Å². The Morgan fingerprint density at radius 3 is 1.77 bits per heavy atom. The van der Waals surface area contributed by atoms with Gasteiger partial charge in [0.2, 0.25) is 0 Å². The number of ether oxygens (including phenoxy) is 2. The third kappa shape index (κ3) is 3.11. The van der Waals surface area contributed by atoms with Crippen LogP contribution < -0.4 is 20.7 Å². The van der Waals surface area contributed by atoms with Gasteiger partial charge in [0.05, 0.1) is 20.9 Å². The number of hydrogen-bond acceptors (Lipinski definition) is 3. The van der Waals surface area contributed by atoms with Crippen LogP contribution in [0, 0.1) is 0 Å². The van der Waals surface area contributed by atoms with Crippen molar-refractivity contribution in [3.63, 3.8) is 0 Å². The molecule has 132 valence electrons. The fourth-order valence-electron chi connectivity index (χ4n) is 3.25. The minimum absolute atomic E-state index is 0.379. The highest BCUT2D eigenvalue weighted by atomic mass is 31.2. The highest BCUT2D eigenvalue weighted by Crippen LogP contribution is 2.53. The lowest BCUT2D eigenvalue weighted by Crippen LogP contribution is -2.34. The molecule has 0 unspecified atom stereocenters. The minimum Gasteiger partial charge on any atom is -0.496 e. The maximum atomic E-state index is 12.6. The number of esters is 1. The molecule has 26 heavy (non-hydrogen) atoms. The van der Waals surface area contributed by atoms with E-state index in [0.717, 1.165) is 5.30 Å². The highest BCUT2D eigenvalue weighted by Gasteiger charge is 2.44. The van der Waals surface area contributed by atoms with Crippen molar-refractivity contribution in [3.05, 3.63) is 84.4 Å². The van der Waals surface area contributed by atoms with Crippen molar-refractivity contribution in [1.29, 1.82) is 0 Å². The summed E-state index contributed by atoms with van der Waals surface area (Å²) < 4.78 is 10.6. The highest BCUT2D eigenvalue weighted by molar-refractivity contribution is 7.95. The molecule has 0 spiro atoms. The van der Waals surface area contributed by atoms with E-state index in [-0.39, 0.29) is 5.97 Å². The molecule has 4 heteroatoms. The molecule has 0 amide bonds. The standard InChI is InChI=1S/C22H22O3P/c1-24-19-15-10-16-20(21(19)22(23)25-2)26(3,17-11-6-4-7-12-17)18-13-8-5-9-14-18/h4-16H,1-3H3/q+1. The Balaban J connectivity index is 2.37. The summed E-state index contributed by atoms with van der Waals surface area (Å²) in [4.78, 5) is 12.6. The van der Waals surface area contributed by atoms with Crippen LogP contribution in [0.3, 0.4) is 0 Å². The second-order valence-corrected chi connectivity index (χ2v) is 9.55. The van der Waals surface area contributed by atoms with Gasteiger partial charge in [-0.3, -0.25) is 0 Å². The average Bonchev–Trinajstić information content (AvgIpc) is 2.73. The first kappa shape index (κ1) is 18.2. The van der Waals surface area contributed by atoms with Gasteiger partial charge in [-0.15, -0.1) is 0 Å². The zero-order valence-electron chi connectivity index (χ0n) is 15.2. The predicted octanol–water partition coefficient (Wildman–Crippen LogP) is 3.41. The van der Waals surface area contributed by atoms with E-state index in [9.17, 15) is 4.79 Å². The van der Waals surface area contributed by atoms with Crippen LogP contribution in [0.25, 0.3) is 0 Å². The lowest BCUT2D eigenvalue weighted by molar-refractivity contribution is 0.0598. The van der Waals surface area contributed by atoms with Gasteiger partial charge in [0.15, 0.2) is 0 Å². The molecule has 3 aromatic rings. The van der Waals surface area contributed by atoms with Crippen LogP contribution in [0.15, 0.2) is 78.9 Å². The van der Waals surface area contributed by atoms with Crippen LogP contribution in [0.4, 0.5) is 0 Å². The Labute approximate surface area is 154 Å². The maximum absolute atomic E-state index is 12.6. The van der Waals surface area contributed by atoms with Crippen molar-refractivity contribution in [2.75, 3.05) is 20.9 Å². The second-order valence-electron chi connectivity index (χ2n) is 6.02. The molecule has 0 atom stereocenters. The third-order valence-electron chi connectivity index (χ3n) is 4.64. The summed E-state index contributed by atoms with van der Waals surface area (Å²) >= 11 is 0. The summed E-state index contributed by atoms with van der Waals surface area (Å²) in [5, 5.41) is 3.36. The maximum Gasteiger partial charge on any atom is 0.345 e. The summed E-state index contributed by atoms with van der Waals surface area (Å²) in [6.07, 6.45) is 0. The molecule has 0 radical (unpaired) electrons. The summed E-state index contributed by atoms with van der Waals surface area (Å²) in [5.74, 6) is 0.156. The summed E-state index contributed by atoms with van der Waals surface area (Å²) in [5.41, 5.74) is 0.501. The van der Waals surface area contributed by atoms with Gasteiger partial charge < -0.3 is 9.47 Å². The lowest BCUT2D eigenvalue weighted by Gasteiger charge is -2.25. The molecule has 0 aromatic heterocycles. The number of carbonyl (C=O) groups excluding carboxylic acids is 1. The zero-order valence-corrected chi connectivity index (χ0v) is 16.1. The molecule has 0 aliphatic carbocycles. The molecule has 3 aromatic carbocycles. The largest absolute Gasteiger partial charge is 0.496 e. The Morgan fingerprint density at radius 1 is 0.769 bits per heavy atom. The summed E-state index contributed by atoms with van der Waals surface area (Å²) in [7, 11) is 0.926. The van der Waals surface area contributed by atoms with Gasteiger partial charge in [-0.05, 0) is 36.4 Å². The van der Waals surface area contributed by atoms with Crippen LogP contribution >= 0.6 is 7.26 Å². The van der Waals surface area contributed by atoms with Crippen LogP contribution in [0.5, 0.6) is 5.75 Å². The van der Waals surface area contributed by atoms with E-state index in [4.69, 9.17) is 9.47 Å². The number of methoxy groups -OCH3 is 2. The van der Waals surface area contributed by atoms with Gasteiger partial charge in [0.1, 0.15) is 34.5 Å². The van der Waals surface area contributed by atoms with Crippen molar-refractivity contribution in [2.45, 2.75) is 0 Å². The average molecular weight is 365 g/mol. The van der Waals surface area contributed by atoms with Crippen molar-refractivity contribution in [3.8, 4) is 5.75 Å². The van der Waals surface area contributed by atoms with Gasteiger partial charge in [-0.25, -0.2) is 4.79 Å². The molecule has 0 heterocycles. The Morgan fingerprint density at radius 2 is 1.31 bits per heavy atom. The normalized spacial score (nSPS) is 11.0. The quantitative estimate of drug-likeness (QED) is 0.514. The van der Waals surface area contributed by atoms with E-state index < -0.39 is 7.26 Å². The minimum atomic E-state index is -2.05. The summed E-state index contributed by atoms with van der Waals surface area (Å²) in [6, 6.07) is 26.4. The van der Waals surface area contributed by atoms with E-state index in [1.807, 2.05) is 48.5 Å². The van der Waals surface area contributed by atoms with Crippen LogP contribution in [-0.4, -0.2) is 26.9 Å². The number of hydrogen-bond donors (Lipinski definition) is 0. The Hall–Kier alpha value is -2.64. The Kier molecular flexibility index (Phi) is 5.39. The predicted molar refractivity (Wildman–Crippen MR) is 109 cm³/mol. The molecule has 0 fully saturated rings. The molecule has 0 saturated heterocycles. The SMILES string of the molecule is COC(=O)c1c(OC)cccc1[P+](C)(c1ccccc1)c1ccccc1. The van der Waals surface area contributed by atoms with E-state index in [1.54, 1.807) is 13.2 Å². The summed E-state index contributed by atoms with van der Waals surface area (Å²) in [6.45, 7) is 2.24. The number of carbonyl (C=O) groups is 1. The molecule has 0 aliphatic rings. The van der Waals surface area contributed by atoms with Gasteiger partial charge in [-0.1, -0.05) is 42.5 Å². The lowest BCUT2D eigenvalue weighted by atomic mass is 10.2. The molecule has 3 nitrogen and oxygen atoms in total. The first-order valence-corrected chi connectivity index (χ1v) is 10.6. The zero-order chi connectivity index (χ0) is 18.6. The van der Waals surface area contributed by atoms with Crippen molar-refractivity contribution >= 4 is 29.1 Å². The van der Waals surface area contributed by atoms with Gasteiger partial charge in [-0.2, -0.15) is 0 Å². The molecular formula is C22H22O3P+. The van der Waals surface area contributed by atoms with E-state index in [1.165, 1.54) is 17.7 Å². The first-order valence-electron chi connectivity index (χ1n) is 8.36. The second kappa shape index (κ2) is 7.72. The molecule has 0 aliphatic heterocycles. The molecule has 0 bridgehead atoms.